The monoisotopic (exact) mass is 434 g/mol. The first-order valence-electron chi connectivity index (χ1n) is 9.38. The lowest BCUT2D eigenvalue weighted by atomic mass is 10.2. The molecule has 0 fully saturated rings. The van der Waals surface area contributed by atoms with E-state index in [0.29, 0.717) is 11.6 Å². The lowest BCUT2D eigenvalue weighted by Crippen LogP contribution is -2.20. The van der Waals surface area contributed by atoms with Crippen molar-refractivity contribution in [2.24, 2.45) is 5.10 Å². The fourth-order valence-electron chi connectivity index (χ4n) is 2.97. The quantitative estimate of drug-likeness (QED) is 0.253. The molecule has 150 valence electrons. The number of hydrazone groups is 1. The van der Waals surface area contributed by atoms with Gasteiger partial charge in [0.1, 0.15) is 0 Å². The molecule has 0 aliphatic rings. The Morgan fingerprint density at radius 1 is 1.03 bits per heavy atom. The first-order valence-corrected chi connectivity index (χ1v) is 10.7. The highest BCUT2D eigenvalue weighted by molar-refractivity contribution is 7.99. The molecule has 1 N–H and O–H groups in total. The van der Waals surface area contributed by atoms with Gasteiger partial charge in [0.15, 0.2) is 5.16 Å². The standard InChI is InChI=1S/C23H19ClN4OS/c24-19-12-10-17(11-13-19)14-25-27-22(29)16-30-23-26-20-8-4-5-9-21(20)28(23)15-18-6-2-1-3-7-18/h1-14H,15-16H2,(H,27,29). The summed E-state index contributed by atoms with van der Waals surface area (Å²) in [6, 6.07) is 25.4. The van der Waals surface area contributed by atoms with Gasteiger partial charge in [0, 0.05) is 5.02 Å². The van der Waals surface area contributed by atoms with Gasteiger partial charge in [0.05, 0.1) is 29.5 Å². The van der Waals surface area contributed by atoms with E-state index in [4.69, 9.17) is 16.6 Å². The average molecular weight is 435 g/mol. The molecule has 4 aromatic rings. The number of aromatic nitrogens is 2. The van der Waals surface area contributed by atoms with E-state index in [1.807, 2.05) is 54.6 Å². The Morgan fingerprint density at radius 3 is 2.57 bits per heavy atom. The van der Waals surface area contributed by atoms with Gasteiger partial charge in [-0.05, 0) is 35.4 Å². The highest BCUT2D eigenvalue weighted by atomic mass is 35.5. The maximum Gasteiger partial charge on any atom is 0.250 e. The topological polar surface area (TPSA) is 59.3 Å². The SMILES string of the molecule is O=C(CSc1nc2ccccc2n1Cc1ccccc1)NN=Cc1ccc(Cl)cc1. The minimum atomic E-state index is -0.191. The summed E-state index contributed by atoms with van der Waals surface area (Å²) in [6.45, 7) is 0.694. The Balaban J connectivity index is 1.43. The molecule has 1 amide bonds. The molecule has 0 bridgehead atoms. The largest absolute Gasteiger partial charge is 0.314 e. The van der Waals surface area contributed by atoms with Crippen LogP contribution >= 0.6 is 23.4 Å². The van der Waals surface area contributed by atoms with Gasteiger partial charge in [0.25, 0.3) is 5.91 Å². The Bertz CT molecular complexity index is 1170. The third kappa shape index (κ3) is 5.09. The van der Waals surface area contributed by atoms with Crippen LogP contribution in [0.1, 0.15) is 11.1 Å². The number of para-hydroxylation sites is 2. The Kier molecular flexibility index (Phi) is 6.47. The van der Waals surface area contributed by atoms with Gasteiger partial charge < -0.3 is 4.57 Å². The number of carbonyl (C=O) groups is 1. The molecule has 0 aliphatic heterocycles. The van der Waals surface area contributed by atoms with Crippen LogP contribution in [0, 0.1) is 0 Å². The molecule has 0 saturated carbocycles. The van der Waals surface area contributed by atoms with Gasteiger partial charge in [-0.1, -0.05) is 78.0 Å². The van der Waals surface area contributed by atoms with Crippen LogP contribution in [0.2, 0.25) is 5.02 Å². The van der Waals surface area contributed by atoms with Crippen molar-refractivity contribution >= 4 is 46.5 Å². The molecule has 4 rings (SSSR count). The first-order chi connectivity index (χ1) is 14.7. The Labute approximate surface area is 183 Å². The number of halogens is 1. The molecule has 30 heavy (non-hydrogen) atoms. The van der Waals surface area contributed by atoms with Crippen molar-refractivity contribution < 1.29 is 4.79 Å². The highest BCUT2D eigenvalue weighted by Gasteiger charge is 2.13. The molecule has 0 spiro atoms. The molecule has 0 saturated heterocycles. The van der Waals surface area contributed by atoms with Crippen molar-refractivity contribution in [1.82, 2.24) is 15.0 Å². The van der Waals surface area contributed by atoms with Crippen LogP contribution in [0.5, 0.6) is 0 Å². The molecule has 0 radical (unpaired) electrons. The maximum atomic E-state index is 12.2. The number of fused-ring (bicyclic) bond motifs is 1. The third-order valence-electron chi connectivity index (χ3n) is 4.41. The predicted octanol–water partition coefficient (Wildman–Crippen LogP) is 4.98. The van der Waals surface area contributed by atoms with Gasteiger partial charge in [-0.3, -0.25) is 4.79 Å². The van der Waals surface area contributed by atoms with E-state index >= 15 is 0 Å². The van der Waals surface area contributed by atoms with Crippen LogP contribution in [0.25, 0.3) is 11.0 Å². The van der Waals surface area contributed by atoms with Crippen molar-refractivity contribution in [3.8, 4) is 0 Å². The van der Waals surface area contributed by atoms with E-state index < -0.39 is 0 Å². The molecular formula is C23H19ClN4OS. The highest BCUT2D eigenvalue weighted by Crippen LogP contribution is 2.25. The van der Waals surface area contributed by atoms with Crippen molar-refractivity contribution in [3.05, 3.63) is 95.0 Å². The molecule has 0 aliphatic carbocycles. The number of amides is 1. The minimum absolute atomic E-state index is 0.191. The molecule has 3 aromatic carbocycles. The summed E-state index contributed by atoms with van der Waals surface area (Å²) in [5, 5.41) is 5.47. The van der Waals surface area contributed by atoms with Gasteiger partial charge in [-0.2, -0.15) is 5.10 Å². The lowest BCUT2D eigenvalue weighted by Gasteiger charge is -2.09. The molecule has 5 nitrogen and oxygen atoms in total. The van der Waals surface area contributed by atoms with Crippen LogP contribution in [0.3, 0.4) is 0 Å². The molecule has 1 aromatic heterocycles. The fourth-order valence-corrected chi connectivity index (χ4v) is 3.90. The summed E-state index contributed by atoms with van der Waals surface area (Å²) in [6.07, 6.45) is 1.59. The van der Waals surface area contributed by atoms with Crippen LogP contribution in [-0.2, 0) is 11.3 Å². The van der Waals surface area contributed by atoms with E-state index in [-0.39, 0.29) is 11.7 Å². The van der Waals surface area contributed by atoms with Crippen LogP contribution in [0.4, 0.5) is 0 Å². The fraction of sp³-hybridized carbons (Fsp3) is 0.0870. The molecule has 0 atom stereocenters. The normalized spacial score (nSPS) is 11.2. The average Bonchev–Trinajstić information content (AvgIpc) is 3.12. The smallest absolute Gasteiger partial charge is 0.250 e. The first kappa shape index (κ1) is 20.2. The summed E-state index contributed by atoms with van der Waals surface area (Å²) in [7, 11) is 0. The number of nitrogens with one attached hydrogen (secondary N) is 1. The number of imidazole rings is 1. The van der Waals surface area contributed by atoms with E-state index in [1.165, 1.54) is 17.3 Å². The molecule has 0 unspecified atom stereocenters. The summed E-state index contributed by atoms with van der Waals surface area (Å²) < 4.78 is 2.14. The van der Waals surface area contributed by atoms with Crippen molar-refractivity contribution in [1.29, 1.82) is 0 Å². The third-order valence-corrected chi connectivity index (χ3v) is 5.64. The van der Waals surface area contributed by atoms with Gasteiger partial charge in [0.2, 0.25) is 0 Å². The summed E-state index contributed by atoms with van der Waals surface area (Å²) in [5.41, 5.74) is 6.56. The summed E-state index contributed by atoms with van der Waals surface area (Å²) in [4.78, 5) is 17.0. The number of nitrogens with zero attached hydrogens (tertiary/aromatic N) is 3. The summed E-state index contributed by atoms with van der Waals surface area (Å²) >= 11 is 7.26. The zero-order valence-corrected chi connectivity index (χ0v) is 17.6. The second-order valence-corrected chi connectivity index (χ2v) is 7.97. The number of hydrogen-bond donors (Lipinski definition) is 1. The molecule has 7 heteroatoms. The van der Waals surface area contributed by atoms with E-state index in [9.17, 15) is 4.79 Å². The van der Waals surface area contributed by atoms with Crippen molar-refractivity contribution in [2.75, 3.05) is 5.75 Å². The number of hydrogen-bond acceptors (Lipinski definition) is 4. The van der Waals surface area contributed by atoms with Gasteiger partial charge >= 0.3 is 0 Å². The Morgan fingerprint density at radius 2 is 1.77 bits per heavy atom. The van der Waals surface area contributed by atoms with Crippen LogP contribution in [0.15, 0.2) is 89.1 Å². The van der Waals surface area contributed by atoms with E-state index in [2.05, 4.69) is 27.2 Å². The lowest BCUT2D eigenvalue weighted by molar-refractivity contribution is -0.118. The second-order valence-electron chi connectivity index (χ2n) is 6.59. The van der Waals surface area contributed by atoms with Crippen molar-refractivity contribution in [3.63, 3.8) is 0 Å². The van der Waals surface area contributed by atoms with Crippen LogP contribution in [-0.4, -0.2) is 27.4 Å². The zero-order chi connectivity index (χ0) is 20.8. The van der Waals surface area contributed by atoms with Gasteiger partial charge in [-0.25, -0.2) is 10.4 Å². The minimum Gasteiger partial charge on any atom is -0.314 e. The van der Waals surface area contributed by atoms with E-state index in [0.717, 1.165) is 21.8 Å². The zero-order valence-electron chi connectivity index (χ0n) is 16.0. The van der Waals surface area contributed by atoms with E-state index in [1.54, 1.807) is 18.3 Å². The number of carbonyl (C=O) groups excluding carboxylic acids is 1. The number of benzene rings is 3. The number of rotatable bonds is 7. The number of thioether (sulfide) groups is 1. The molecular weight excluding hydrogens is 416 g/mol. The maximum absolute atomic E-state index is 12.2. The predicted molar refractivity (Wildman–Crippen MR) is 123 cm³/mol. The molecule has 1 heterocycles. The summed E-state index contributed by atoms with van der Waals surface area (Å²) in [5.74, 6) is 0.0271. The Hall–Kier alpha value is -3.09. The van der Waals surface area contributed by atoms with Crippen LogP contribution < -0.4 is 5.43 Å². The van der Waals surface area contributed by atoms with Gasteiger partial charge in [-0.15, -0.1) is 0 Å². The van der Waals surface area contributed by atoms with Crippen molar-refractivity contribution in [2.45, 2.75) is 11.7 Å². The second kappa shape index (κ2) is 9.61.